The van der Waals surface area contributed by atoms with Crippen molar-refractivity contribution in [2.24, 2.45) is 0 Å². The molecule has 3 aromatic rings. The van der Waals surface area contributed by atoms with Gasteiger partial charge in [0.25, 0.3) is 5.56 Å². The van der Waals surface area contributed by atoms with Crippen molar-refractivity contribution in [1.82, 2.24) is 15.5 Å². The molecule has 0 fully saturated rings. The Bertz CT molecular complexity index is 1200. The fraction of sp³-hybridized carbons (Fsp3) is 0.292. The minimum atomic E-state index is -0.581. The van der Waals surface area contributed by atoms with E-state index in [1.54, 1.807) is 18.2 Å². The topological polar surface area (TPSA) is 96.1 Å². The summed E-state index contributed by atoms with van der Waals surface area (Å²) in [4.78, 5) is 24.0. The largest absolute Gasteiger partial charge is 0.489 e. The molecule has 2 heterocycles. The van der Waals surface area contributed by atoms with Crippen molar-refractivity contribution in [3.63, 3.8) is 0 Å². The van der Waals surface area contributed by atoms with E-state index in [1.165, 1.54) is 12.1 Å². The first kappa shape index (κ1) is 22.9. The van der Waals surface area contributed by atoms with Gasteiger partial charge in [0.2, 0.25) is 5.91 Å². The van der Waals surface area contributed by atoms with Crippen molar-refractivity contribution in [3.05, 3.63) is 86.5 Å². The van der Waals surface area contributed by atoms with E-state index >= 15 is 0 Å². The molecule has 0 bridgehead atoms. The van der Waals surface area contributed by atoms with E-state index in [0.29, 0.717) is 29.2 Å². The van der Waals surface area contributed by atoms with Crippen molar-refractivity contribution < 1.29 is 13.9 Å². The SMILES string of the molecule is CC1NC(CCC(=O)Nc2cc(Cl)c(COc3ccccc3)cc2F)Cc2cc(=O)[nH]nc21. The number of anilines is 1. The van der Waals surface area contributed by atoms with Crippen LogP contribution < -0.4 is 20.9 Å². The highest BCUT2D eigenvalue weighted by Crippen LogP contribution is 2.27. The Balaban J connectivity index is 1.33. The molecule has 1 aliphatic rings. The maximum Gasteiger partial charge on any atom is 0.264 e. The van der Waals surface area contributed by atoms with Gasteiger partial charge in [-0.05, 0) is 49.6 Å². The van der Waals surface area contributed by atoms with Gasteiger partial charge in [-0.1, -0.05) is 29.8 Å². The van der Waals surface area contributed by atoms with Crippen molar-refractivity contribution >= 4 is 23.2 Å². The average Bonchev–Trinajstić information content (AvgIpc) is 2.79. The van der Waals surface area contributed by atoms with Crippen LogP contribution in [0.15, 0.2) is 53.3 Å². The summed E-state index contributed by atoms with van der Waals surface area (Å²) in [5, 5.41) is 12.8. The Hall–Kier alpha value is -3.23. The Morgan fingerprint density at radius 1 is 1.27 bits per heavy atom. The summed E-state index contributed by atoms with van der Waals surface area (Å²) in [5.41, 5.74) is 1.95. The second kappa shape index (κ2) is 10.1. The molecule has 7 nitrogen and oxygen atoms in total. The van der Waals surface area contributed by atoms with Crippen LogP contribution in [0.5, 0.6) is 5.75 Å². The zero-order valence-corrected chi connectivity index (χ0v) is 18.8. The molecule has 172 valence electrons. The third-order valence-corrected chi connectivity index (χ3v) is 5.90. The van der Waals surface area contributed by atoms with Gasteiger partial charge in [-0.2, -0.15) is 5.10 Å². The highest BCUT2D eigenvalue weighted by atomic mass is 35.5. The van der Waals surface area contributed by atoms with Gasteiger partial charge >= 0.3 is 0 Å². The number of nitrogens with zero attached hydrogens (tertiary/aromatic N) is 1. The van der Waals surface area contributed by atoms with Gasteiger partial charge < -0.3 is 15.4 Å². The maximum atomic E-state index is 14.6. The molecule has 0 aliphatic carbocycles. The predicted molar refractivity (Wildman–Crippen MR) is 124 cm³/mol. The van der Waals surface area contributed by atoms with Crippen LogP contribution in [-0.4, -0.2) is 22.1 Å². The van der Waals surface area contributed by atoms with Crippen molar-refractivity contribution in [2.75, 3.05) is 5.32 Å². The van der Waals surface area contributed by atoms with Crippen LogP contribution in [0.1, 0.15) is 42.6 Å². The molecule has 1 aromatic heterocycles. The van der Waals surface area contributed by atoms with Gasteiger partial charge in [0.05, 0.1) is 11.4 Å². The smallest absolute Gasteiger partial charge is 0.264 e. The van der Waals surface area contributed by atoms with Gasteiger partial charge in [-0.25, -0.2) is 9.49 Å². The van der Waals surface area contributed by atoms with Crippen LogP contribution in [-0.2, 0) is 17.8 Å². The molecule has 0 spiro atoms. The summed E-state index contributed by atoms with van der Waals surface area (Å²) in [7, 11) is 0. The standard InChI is InChI=1S/C24H24ClFN4O3/c1-14-24-15(11-23(32)29-30-24)9-17(27-14)7-8-22(31)28-21-12-19(25)16(10-20(21)26)13-33-18-5-3-2-4-6-18/h2-6,10-12,14,17,27H,7-9,13H2,1H3,(H,28,31)(H,29,32). The number of rotatable bonds is 7. The number of hydrogen-bond donors (Lipinski definition) is 3. The Labute approximate surface area is 195 Å². The van der Waals surface area contributed by atoms with Crippen molar-refractivity contribution in [2.45, 2.75) is 44.9 Å². The summed E-state index contributed by atoms with van der Waals surface area (Å²) in [6.07, 6.45) is 1.31. The van der Waals surface area contributed by atoms with E-state index in [9.17, 15) is 14.0 Å². The molecule has 2 unspecified atom stereocenters. The van der Waals surface area contributed by atoms with E-state index in [2.05, 4.69) is 20.8 Å². The molecule has 2 atom stereocenters. The number of para-hydroxylation sites is 1. The van der Waals surface area contributed by atoms with Gasteiger partial charge in [0.1, 0.15) is 18.2 Å². The number of carbonyl (C=O) groups is 1. The highest BCUT2D eigenvalue weighted by molar-refractivity contribution is 6.31. The molecular formula is C24H24ClFN4O3. The van der Waals surface area contributed by atoms with Crippen LogP contribution in [0.2, 0.25) is 5.02 Å². The Kier molecular flexibility index (Phi) is 7.05. The number of fused-ring (bicyclic) bond motifs is 1. The first-order chi connectivity index (χ1) is 15.9. The third-order valence-electron chi connectivity index (χ3n) is 5.55. The first-order valence-corrected chi connectivity index (χ1v) is 11.1. The zero-order chi connectivity index (χ0) is 23.4. The molecule has 0 saturated heterocycles. The van der Waals surface area contributed by atoms with E-state index in [1.807, 2.05) is 25.1 Å². The number of H-pyrrole nitrogens is 1. The fourth-order valence-electron chi connectivity index (χ4n) is 3.92. The molecule has 4 rings (SSSR count). The molecule has 1 amide bonds. The van der Waals surface area contributed by atoms with Gasteiger partial charge in [0, 0.05) is 35.2 Å². The molecule has 2 aromatic carbocycles. The number of carbonyl (C=O) groups excluding carboxylic acids is 1. The number of nitrogens with one attached hydrogen (secondary N) is 3. The second-order valence-corrected chi connectivity index (χ2v) is 8.45. The van der Waals surface area contributed by atoms with Gasteiger partial charge in [-0.3, -0.25) is 9.59 Å². The molecule has 0 radical (unpaired) electrons. The summed E-state index contributed by atoms with van der Waals surface area (Å²) in [6.45, 7) is 2.06. The fourth-order valence-corrected chi connectivity index (χ4v) is 4.14. The van der Waals surface area contributed by atoms with Crippen LogP contribution in [0.25, 0.3) is 0 Å². The van der Waals surface area contributed by atoms with Gasteiger partial charge in [-0.15, -0.1) is 0 Å². The lowest BCUT2D eigenvalue weighted by atomic mass is 9.93. The summed E-state index contributed by atoms with van der Waals surface area (Å²) >= 11 is 6.28. The molecule has 3 N–H and O–H groups in total. The number of aromatic amines is 1. The Morgan fingerprint density at radius 3 is 2.85 bits per heavy atom. The number of hydrogen-bond acceptors (Lipinski definition) is 5. The van der Waals surface area contributed by atoms with Crippen molar-refractivity contribution in [1.29, 1.82) is 0 Å². The monoisotopic (exact) mass is 470 g/mol. The lowest BCUT2D eigenvalue weighted by Crippen LogP contribution is -2.40. The van der Waals surface area contributed by atoms with Gasteiger partial charge in [0.15, 0.2) is 0 Å². The van der Waals surface area contributed by atoms with E-state index in [4.69, 9.17) is 16.3 Å². The summed E-state index contributed by atoms with van der Waals surface area (Å²) in [5.74, 6) is -0.245. The minimum Gasteiger partial charge on any atom is -0.489 e. The first-order valence-electron chi connectivity index (χ1n) is 10.7. The second-order valence-electron chi connectivity index (χ2n) is 8.04. The average molecular weight is 471 g/mol. The predicted octanol–water partition coefficient (Wildman–Crippen LogP) is 4.14. The van der Waals surface area contributed by atoms with Crippen LogP contribution in [0.4, 0.5) is 10.1 Å². The number of amides is 1. The molecule has 33 heavy (non-hydrogen) atoms. The maximum absolute atomic E-state index is 14.6. The molecule has 1 aliphatic heterocycles. The number of halogens is 2. The summed E-state index contributed by atoms with van der Waals surface area (Å²) < 4.78 is 20.2. The van der Waals surface area contributed by atoms with Crippen LogP contribution in [0, 0.1) is 5.82 Å². The molecular weight excluding hydrogens is 447 g/mol. The number of ether oxygens (including phenoxy) is 1. The normalized spacial score (nSPS) is 17.3. The zero-order valence-electron chi connectivity index (χ0n) is 18.0. The van der Waals surface area contributed by atoms with Crippen LogP contribution in [0.3, 0.4) is 0 Å². The summed E-state index contributed by atoms with van der Waals surface area (Å²) in [6, 6.07) is 13.3. The lowest BCUT2D eigenvalue weighted by Gasteiger charge is -2.29. The van der Waals surface area contributed by atoms with Crippen molar-refractivity contribution in [3.8, 4) is 5.75 Å². The van der Waals surface area contributed by atoms with E-state index < -0.39 is 5.82 Å². The molecule has 9 heteroatoms. The molecule has 0 saturated carbocycles. The minimum absolute atomic E-state index is 0.00722. The van der Waals surface area contributed by atoms with E-state index in [0.717, 1.165) is 11.3 Å². The highest BCUT2D eigenvalue weighted by Gasteiger charge is 2.25. The number of benzene rings is 2. The van der Waals surface area contributed by atoms with E-state index in [-0.39, 0.29) is 42.3 Å². The third kappa shape index (κ3) is 5.77. The Morgan fingerprint density at radius 2 is 2.06 bits per heavy atom. The van der Waals surface area contributed by atoms with Crippen LogP contribution >= 0.6 is 11.6 Å². The quantitative estimate of drug-likeness (QED) is 0.482. The lowest BCUT2D eigenvalue weighted by molar-refractivity contribution is -0.116. The number of aromatic nitrogens is 2.